The Balaban J connectivity index is 0.000000718. The van der Waals surface area contributed by atoms with E-state index in [1.54, 1.807) is 0 Å². The van der Waals surface area contributed by atoms with Crippen LogP contribution in [0.2, 0.25) is 0 Å². The van der Waals surface area contributed by atoms with Gasteiger partial charge in [-0.1, -0.05) is 45.1 Å². The molecule has 0 saturated carbocycles. The summed E-state index contributed by atoms with van der Waals surface area (Å²) in [6.07, 6.45) is 6.73. The van der Waals surface area contributed by atoms with E-state index in [4.69, 9.17) is 0 Å². The number of rotatable bonds is 6. The molecule has 2 fully saturated rings. The van der Waals surface area contributed by atoms with Crippen molar-refractivity contribution in [2.24, 2.45) is 5.92 Å². The van der Waals surface area contributed by atoms with E-state index in [1.807, 2.05) is 0 Å². The van der Waals surface area contributed by atoms with E-state index < -0.39 is 41.6 Å². The van der Waals surface area contributed by atoms with Crippen molar-refractivity contribution in [2.45, 2.75) is 20.8 Å². The Hall–Kier alpha value is -3.60. The minimum Gasteiger partial charge on any atom is -0.304 e. The van der Waals surface area contributed by atoms with Crippen LogP contribution in [-0.2, 0) is 19.2 Å². The summed E-state index contributed by atoms with van der Waals surface area (Å²) >= 11 is 0. The van der Waals surface area contributed by atoms with Crippen LogP contribution in [0.4, 0.5) is 9.59 Å². The SMILES string of the molecule is CCN(CC)CC.CN1C(=O)C(=C/C=C/C=C/C2C(=O)N(C)C(=O)N(C)C2=O)C(=O)N(C)C1=O. The first-order chi connectivity index (χ1) is 15.9. The van der Waals surface area contributed by atoms with Crippen LogP contribution in [0.5, 0.6) is 0 Å². The number of imide groups is 4. The first kappa shape index (κ1) is 28.4. The summed E-state index contributed by atoms with van der Waals surface area (Å²) in [5.74, 6) is -3.88. The fraction of sp³-hybridized carbons (Fsp3) is 0.478. The Morgan fingerprint density at radius 3 is 1.44 bits per heavy atom. The zero-order chi connectivity index (χ0) is 26.2. The van der Waals surface area contributed by atoms with Gasteiger partial charge >= 0.3 is 12.1 Å². The number of amides is 8. The summed E-state index contributed by atoms with van der Waals surface area (Å²) in [5, 5.41) is 0. The predicted octanol–water partition coefficient (Wildman–Crippen LogP) is 1.09. The van der Waals surface area contributed by atoms with Crippen molar-refractivity contribution < 1.29 is 28.8 Å². The molecule has 0 unspecified atom stereocenters. The minimum absolute atomic E-state index is 0.195. The van der Waals surface area contributed by atoms with Gasteiger partial charge in [0, 0.05) is 28.2 Å². The number of likely N-dealkylation sites (N-methyl/N-ethyl adjacent to an activating group) is 2. The van der Waals surface area contributed by atoms with Gasteiger partial charge in [-0.3, -0.25) is 38.8 Å². The van der Waals surface area contributed by atoms with Crippen LogP contribution < -0.4 is 0 Å². The molecular formula is C23H33N5O6. The van der Waals surface area contributed by atoms with E-state index in [0.717, 1.165) is 19.6 Å². The highest BCUT2D eigenvalue weighted by Gasteiger charge is 2.41. The van der Waals surface area contributed by atoms with E-state index >= 15 is 0 Å². The van der Waals surface area contributed by atoms with E-state index in [-0.39, 0.29) is 5.57 Å². The van der Waals surface area contributed by atoms with Crippen LogP contribution >= 0.6 is 0 Å². The molecule has 0 spiro atoms. The second-order valence-electron chi connectivity index (χ2n) is 7.54. The van der Waals surface area contributed by atoms with Crippen LogP contribution in [0.25, 0.3) is 0 Å². The van der Waals surface area contributed by atoms with Gasteiger partial charge in [0.1, 0.15) is 11.5 Å². The van der Waals surface area contributed by atoms with E-state index in [0.29, 0.717) is 0 Å². The average Bonchev–Trinajstić information content (AvgIpc) is 2.84. The van der Waals surface area contributed by atoms with Crippen molar-refractivity contribution in [3.05, 3.63) is 36.0 Å². The van der Waals surface area contributed by atoms with Gasteiger partial charge in [-0.05, 0) is 25.7 Å². The lowest BCUT2D eigenvalue weighted by molar-refractivity contribution is -0.145. The number of urea groups is 2. The first-order valence-electron chi connectivity index (χ1n) is 10.9. The summed E-state index contributed by atoms with van der Waals surface area (Å²) in [4.78, 5) is 77.1. The van der Waals surface area contributed by atoms with E-state index in [2.05, 4.69) is 25.7 Å². The molecule has 0 atom stereocenters. The maximum absolute atomic E-state index is 12.0. The van der Waals surface area contributed by atoms with Crippen molar-refractivity contribution in [1.82, 2.24) is 24.5 Å². The van der Waals surface area contributed by atoms with Gasteiger partial charge in [-0.2, -0.15) is 0 Å². The Morgan fingerprint density at radius 2 is 1.06 bits per heavy atom. The molecule has 0 radical (unpaired) electrons. The molecule has 186 valence electrons. The Labute approximate surface area is 199 Å². The van der Waals surface area contributed by atoms with Crippen molar-refractivity contribution in [2.75, 3.05) is 47.8 Å². The van der Waals surface area contributed by atoms with Crippen molar-refractivity contribution in [1.29, 1.82) is 0 Å². The maximum atomic E-state index is 12.0. The Bertz CT molecular complexity index is 879. The second kappa shape index (κ2) is 12.6. The molecule has 2 rings (SSSR count). The van der Waals surface area contributed by atoms with Gasteiger partial charge < -0.3 is 4.90 Å². The van der Waals surface area contributed by atoms with Gasteiger partial charge in [0.05, 0.1) is 0 Å². The third-order valence-corrected chi connectivity index (χ3v) is 5.54. The standard InChI is InChI=1S/C17H18N4O6.C6H15N/c1-18-12(22)10(13(23)19(2)16(18)26)8-6-5-7-9-11-14(24)20(3)17(27)21(4)15(11)25;1-4-7(5-2)6-3/h5-10H,1-4H3;4-6H2,1-3H3/b7-5+,8-6+;. The highest BCUT2D eigenvalue weighted by Crippen LogP contribution is 2.17. The molecule has 0 N–H and O–H groups in total. The first-order valence-corrected chi connectivity index (χ1v) is 10.9. The monoisotopic (exact) mass is 475 g/mol. The number of allylic oxidation sites excluding steroid dienone is 4. The van der Waals surface area contributed by atoms with E-state index in [1.165, 1.54) is 78.2 Å². The average molecular weight is 476 g/mol. The fourth-order valence-corrected chi connectivity index (χ4v) is 3.16. The second-order valence-corrected chi connectivity index (χ2v) is 7.54. The lowest BCUT2D eigenvalue weighted by Crippen LogP contribution is -2.56. The smallest absolute Gasteiger partial charge is 0.304 e. The summed E-state index contributed by atoms with van der Waals surface area (Å²) in [5.41, 5.74) is -0.195. The van der Waals surface area contributed by atoms with Crippen LogP contribution in [-0.4, -0.2) is 108 Å². The zero-order valence-corrected chi connectivity index (χ0v) is 20.8. The maximum Gasteiger partial charge on any atom is 0.333 e. The topological polar surface area (TPSA) is 119 Å². The molecular weight excluding hydrogens is 442 g/mol. The summed E-state index contributed by atoms with van der Waals surface area (Å²) in [6.45, 7) is 10.1. The van der Waals surface area contributed by atoms with Gasteiger partial charge in [0.15, 0.2) is 0 Å². The number of nitrogens with zero attached hydrogens (tertiary/aromatic N) is 5. The number of carbonyl (C=O) groups is 6. The van der Waals surface area contributed by atoms with Gasteiger partial charge in [-0.25, -0.2) is 9.59 Å². The van der Waals surface area contributed by atoms with Gasteiger partial charge in [0.25, 0.3) is 11.8 Å². The molecule has 0 aliphatic carbocycles. The number of barbiturate groups is 2. The molecule has 0 aromatic rings. The molecule has 2 aliphatic heterocycles. The molecule has 0 bridgehead atoms. The molecule has 2 aliphatic rings. The van der Waals surface area contributed by atoms with Gasteiger partial charge in [0.2, 0.25) is 11.8 Å². The van der Waals surface area contributed by atoms with E-state index in [9.17, 15) is 28.8 Å². The lowest BCUT2D eigenvalue weighted by atomic mass is 10.0. The molecule has 0 aromatic heterocycles. The molecule has 8 amide bonds. The van der Waals surface area contributed by atoms with Crippen LogP contribution in [0.3, 0.4) is 0 Å². The highest BCUT2D eigenvalue weighted by molar-refractivity contribution is 6.28. The number of carbonyl (C=O) groups excluding carboxylic acids is 6. The summed E-state index contributed by atoms with van der Waals surface area (Å²) < 4.78 is 0. The number of hydrogen-bond donors (Lipinski definition) is 0. The summed E-state index contributed by atoms with van der Waals surface area (Å²) in [6, 6.07) is -1.42. The minimum atomic E-state index is -1.14. The van der Waals surface area contributed by atoms with Gasteiger partial charge in [-0.15, -0.1) is 0 Å². The van der Waals surface area contributed by atoms with Crippen molar-refractivity contribution >= 4 is 35.7 Å². The Kier molecular flexibility index (Phi) is 10.5. The van der Waals surface area contributed by atoms with Crippen molar-refractivity contribution in [3.8, 4) is 0 Å². The molecule has 2 heterocycles. The zero-order valence-electron chi connectivity index (χ0n) is 20.8. The Morgan fingerprint density at radius 1 is 0.647 bits per heavy atom. The molecule has 11 nitrogen and oxygen atoms in total. The normalized spacial score (nSPS) is 18.2. The quantitative estimate of drug-likeness (QED) is 0.244. The third-order valence-electron chi connectivity index (χ3n) is 5.54. The lowest BCUT2D eigenvalue weighted by Gasteiger charge is -2.31. The highest BCUT2D eigenvalue weighted by atomic mass is 16.2. The molecule has 0 aromatic carbocycles. The van der Waals surface area contributed by atoms with Crippen molar-refractivity contribution in [3.63, 3.8) is 0 Å². The number of hydrogen-bond acceptors (Lipinski definition) is 7. The van der Waals surface area contributed by atoms with Crippen LogP contribution in [0.1, 0.15) is 20.8 Å². The molecule has 11 heteroatoms. The third kappa shape index (κ3) is 6.25. The fourth-order valence-electron chi connectivity index (χ4n) is 3.16. The molecule has 2 saturated heterocycles. The molecule has 34 heavy (non-hydrogen) atoms. The van der Waals surface area contributed by atoms with Crippen LogP contribution in [0.15, 0.2) is 36.0 Å². The predicted molar refractivity (Wildman–Crippen MR) is 125 cm³/mol. The largest absolute Gasteiger partial charge is 0.333 e. The van der Waals surface area contributed by atoms with Crippen LogP contribution in [0, 0.1) is 5.92 Å². The summed E-state index contributed by atoms with van der Waals surface area (Å²) in [7, 11) is 5.09.